The van der Waals surface area contributed by atoms with Crippen LogP contribution in [0.1, 0.15) is 34.1 Å². The molecule has 1 unspecified atom stereocenters. The number of hydrogen-bond acceptors (Lipinski definition) is 3. The van der Waals surface area contributed by atoms with Crippen LogP contribution in [-0.4, -0.2) is 18.4 Å². The quantitative estimate of drug-likeness (QED) is 0.519. The van der Waals surface area contributed by atoms with Crippen LogP contribution in [0.5, 0.6) is 0 Å². The molecule has 0 saturated carbocycles. The lowest BCUT2D eigenvalue weighted by atomic mass is 9.91. The maximum absolute atomic E-state index is 11.4. The van der Waals surface area contributed by atoms with Crippen LogP contribution in [0.25, 0.3) is 0 Å². The number of allylic oxidation sites excluding steroid dienone is 1. The van der Waals surface area contributed by atoms with E-state index in [1.54, 1.807) is 12.3 Å². The minimum Gasteiger partial charge on any atom is -0.391 e. The van der Waals surface area contributed by atoms with Crippen molar-refractivity contribution in [2.75, 3.05) is 6.54 Å². The summed E-state index contributed by atoms with van der Waals surface area (Å²) >= 11 is 0. The highest BCUT2D eigenvalue weighted by atomic mass is 16.1. The maximum atomic E-state index is 11.4. The Bertz CT molecular complexity index is 202. The van der Waals surface area contributed by atoms with Crippen molar-refractivity contribution in [2.45, 2.75) is 40.2 Å². The van der Waals surface area contributed by atoms with Crippen molar-refractivity contribution in [3.05, 3.63) is 12.3 Å². The van der Waals surface area contributed by atoms with Gasteiger partial charge in [0.25, 0.3) is 0 Å². The highest BCUT2D eigenvalue weighted by Crippen LogP contribution is 2.14. The Balaban J connectivity index is 3.69. The molecule has 0 bridgehead atoms. The van der Waals surface area contributed by atoms with Crippen LogP contribution in [0.4, 0.5) is 0 Å². The lowest BCUT2D eigenvalue weighted by Crippen LogP contribution is -2.22. The van der Waals surface area contributed by atoms with Gasteiger partial charge in [0.1, 0.15) is 0 Å². The van der Waals surface area contributed by atoms with Crippen LogP contribution >= 0.6 is 0 Å². The number of rotatable bonds is 5. The van der Waals surface area contributed by atoms with E-state index in [4.69, 9.17) is 5.73 Å². The largest absolute Gasteiger partial charge is 0.391 e. The van der Waals surface area contributed by atoms with Gasteiger partial charge in [-0.2, -0.15) is 0 Å². The maximum Gasteiger partial charge on any atom is 0.162 e. The highest BCUT2D eigenvalue weighted by molar-refractivity contribution is 5.93. The summed E-state index contributed by atoms with van der Waals surface area (Å²) in [6.07, 6.45) is 4.20. The van der Waals surface area contributed by atoms with Crippen molar-refractivity contribution in [2.24, 2.45) is 11.1 Å². The van der Waals surface area contributed by atoms with Crippen molar-refractivity contribution < 1.29 is 4.79 Å². The van der Waals surface area contributed by atoms with Crippen LogP contribution in [-0.2, 0) is 4.79 Å². The average molecular weight is 198 g/mol. The van der Waals surface area contributed by atoms with Gasteiger partial charge in [-0.1, -0.05) is 20.8 Å². The molecule has 0 aromatic carbocycles. The summed E-state index contributed by atoms with van der Waals surface area (Å²) in [6.45, 7) is 8.49. The normalized spacial score (nSPS) is 14.4. The molecular formula is C11H22N2O. The molecule has 0 aliphatic heterocycles. The van der Waals surface area contributed by atoms with Crippen LogP contribution < -0.4 is 11.1 Å². The lowest BCUT2D eigenvalue weighted by molar-refractivity contribution is -0.121. The average Bonchev–Trinajstić information content (AvgIpc) is 2.01. The zero-order valence-electron chi connectivity index (χ0n) is 9.63. The zero-order chi connectivity index (χ0) is 11.2. The fraction of sp³-hybridized carbons (Fsp3) is 0.727. The van der Waals surface area contributed by atoms with Gasteiger partial charge in [-0.15, -0.1) is 0 Å². The van der Waals surface area contributed by atoms with Crippen LogP contribution in [0.15, 0.2) is 12.3 Å². The van der Waals surface area contributed by atoms with E-state index in [0.29, 0.717) is 0 Å². The Kier molecular flexibility index (Phi) is 5.46. The first-order chi connectivity index (χ1) is 6.34. The number of hydrogen-bond donors (Lipinski definition) is 2. The fourth-order valence-electron chi connectivity index (χ4n) is 0.779. The summed E-state index contributed by atoms with van der Waals surface area (Å²) in [5.74, 6) is 0.130. The molecule has 0 aromatic rings. The fourth-order valence-corrected chi connectivity index (χ4v) is 0.779. The Hall–Kier alpha value is -0.830. The zero-order valence-corrected chi connectivity index (χ0v) is 9.63. The van der Waals surface area contributed by atoms with E-state index < -0.39 is 0 Å². The number of carbonyl (C=O) groups excluding carboxylic acids is 1. The van der Waals surface area contributed by atoms with Crippen molar-refractivity contribution >= 4 is 5.78 Å². The lowest BCUT2D eigenvalue weighted by Gasteiger charge is -2.13. The predicted octanol–water partition coefficient (Wildman–Crippen LogP) is 1.44. The molecular weight excluding hydrogens is 176 g/mol. The minimum absolute atomic E-state index is 0.130. The Morgan fingerprint density at radius 2 is 2.07 bits per heavy atom. The molecule has 0 radical (unpaired) electrons. The molecule has 0 fully saturated rings. The van der Waals surface area contributed by atoms with Gasteiger partial charge in [0.2, 0.25) is 0 Å². The third-order valence-corrected chi connectivity index (χ3v) is 1.84. The summed E-state index contributed by atoms with van der Waals surface area (Å²) in [4.78, 5) is 11.4. The van der Waals surface area contributed by atoms with Gasteiger partial charge in [0.05, 0.1) is 0 Å². The summed E-state index contributed by atoms with van der Waals surface area (Å²) in [5.41, 5.74) is 5.28. The number of carbonyl (C=O) groups is 1. The molecule has 0 amide bonds. The highest BCUT2D eigenvalue weighted by Gasteiger charge is 2.17. The van der Waals surface area contributed by atoms with Crippen LogP contribution in [0, 0.1) is 5.41 Å². The van der Waals surface area contributed by atoms with Gasteiger partial charge in [-0.3, -0.25) is 4.79 Å². The van der Waals surface area contributed by atoms with E-state index in [-0.39, 0.29) is 17.2 Å². The second kappa shape index (κ2) is 5.81. The summed E-state index contributed by atoms with van der Waals surface area (Å²) in [5, 5.41) is 3.04. The minimum atomic E-state index is -0.292. The molecule has 3 N–H and O–H groups in total. The molecule has 3 heteroatoms. The van der Waals surface area contributed by atoms with Crippen molar-refractivity contribution in [1.82, 2.24) is 5.32 Å². The third-order valence-electron chi connectivity index (χ3n) is 1.84. The summed E-state index contributed by atoms with van der Waals surface area (Å²) in [7, 11) is 0. The van der Waals surface area contributed by atoms with Gasteiger partial charge in [0.15, 0.2) is 5.78 Å². The smallest absolute Gasteiger partial charge is 0.162 e. The number of ketones is 1. The molecule has 14 heavy (non-hydrogen) atoms. The first kappa shape index (κ1) is 13.2. The van der Waals surface area contributed by atoms with Gasteiger partial charge in [0, 0.05) is 18.0 Å². The van der Waals surface area contributed by atoms with Crippen LogP contribution in [0.3, 0.4) is 0 Å². The van der Waals surface area contributed by atoms with Crippen molar-refractivity contribution in [3.8, 4) is 0 Å². The van der Waals surface area contributed by atoms with Gasteiger partial charge in [-0.05, 0) is 25.6 Å². The Labute approximate surface area is 86.8 Å². The van der Waals surface area contributed by atoms with E-state index in [2.05, 4.69) is 5.32 Å². The third kappa shape index (κ3) is 6.66. The molecule has 3 nitrogen and oxygen atoms in total. The molecule has 0 heterocycles. The first-order valence-corrected chi connectivity index (χ1v) is 5.04. The van der Waals surface area contributed by atoms with Crippen LogP contribution in [0.2, 0.25) is 0 Å². The van der Waals surface area contributed by atoms with E-state index in [9.17, 15) is 4.79 Å². The number of nitrogens with two attached hydrogens (primary N) is 1. The monoisotopic (exact) mass is 198 g/mol. The van der Waals surface area contributed by atoms with E-state index in [1.807, 2.05) is 27.7 Å². The second-order valence-electron chi connectivity index (χ2n) is 4.67. The molecule has 1 atom stereocenters. The summed E-state index contributed by atoms with van der Waals surface area (Å²) in [6, 6.07) is 0.203. The van der Waals surface area contributed by atoms with Crippen molar-refractivity contribution in [1.29, 1.82) is 0 Å². The van der Waals surface area contributed by atoms with Gasteiger partial charge < -0.3 is 11.1 Å². The number of nitrogens with one attached hydrogen (secondary N) is 1. The van der Waals surface area contributed by atoms with E-state index >= 15 is 0 Å². The van der Waals surface area contributed by atoms with Gasteiger partial charge >= 0.3 is 0 Å². The van der Waals surface area contributed by atoms with E-state index in [1.165, 1.54) is 0 Å². The van der Waals surface area contributed by atoms with E-state index in [0.717, 1.165) is 13.0 Å². The first-order valence-electron chi connectivity index (χ1n) is 5.04. The van der Waals surface area contributed by atoms with Crippen molar-refractivity contribution in [3.63, 3.8) is 0 Å². The molecule has 82 valence electrons. The second-order valence-corrected chi connectivity index (χ2v) is 4.67. The molecule has 0 aromatic heterocycles. The Morgan fingerprint density at radius 1 is 1.50 bits per heavy atom. The molecule has 0 rings (SSSR count). The molecule has 0 saturated heterocycles. The topological polar surface area (TPSA) is 55.1 Å². The summed E-state index contributed by atoms with van der Waals surface area (Å²) < 4.78 is 0. The predicted molar refractivity (Wildman–Crippen MR) is 59.9 cm³/mol. The molecule has 0 spiro atoms. The molecule has 0 aliphatic rings. The Morgan fingerprint density at radius 3 is 2.50 bits per heavy atom. The molecule has 0 aliphatic carbocycles. The SMILES string of the molecule is CC(N)CCN/C=C\C(=O)C(C)(C)C. The van der Waals surface area contributed by atoms with Gasteiger partial charge in [-0.25, -0.2) is 0 Å². The standard InChI is InChI=1S/C11H22N2O/c1-9(12)5-7-13-8-6-10(14)11(2,3)4/h6,8-9,13H,5,7,12H2,1-4H3/b8-6-.